The number of nitrogens with two attached hydrogens (primary N) is 1. The molecule has 0 fully saturated rings. The minimum Gasteiger partial charge on any atom is -0.478 e. The minimum absolute atomic E-state index is 0.421. The highest BCUT2D eigenvalue weighted by atomic mass is 16.5. The van der Waals surface area contributed by atoms with E-state index in [1.54, 1.807) is 6.07 Å². The summed E-state index contributed by atoms with van der Waals surface area (Å²) in [5.41, 5.74) is 6.67. The number of rotatable bonds is 4. The smallest absolute Gasteiger partial charge is 0.219 e. The molecule has 2 rings (SSSR count). The lowest BCUT2D eigenvalue weighted by molar-refractivity contribution is 0.305. The third-order valence-corrected chi connectivity index (χ3v) is 2.21. The predicted octanol–water partition coefficient (Wildman–Crippen LogP) is 2.51. The number of hydrogen-bond acceptors (Lipinski definition) is 4. The van der Waals surface area contributed by atoms with Gasteiger partial charge in [-0.05, 0) is 6.42 Å². The van der Waals surface area contributed by atoms with E-state index in [0.717, 1.165) is 12.0 Å². The fourth-order valence-electron chi connectivity index (χ4n) is 1.44. The molecule has 4 heteroatoms. The first kappa shape index (κ1) is 11.4. The number of nitrogen functional groups attached to an aromatic ring is 1. The Morgan fingerprint density at radius 3 is 2.65 bits per heavy atom. The minimum atomic E-state index is 0.421. The van der Waals surface area contributed by atoms with Crippen molar-refractivity contribution in [3.8, 4) is 17.3 Å². The molecule has 0 saturated heterocycles. The van der Waals surface area contributed by atoms with Crippen LogP contribution >= 0.6 is 0 Å². The van der Waals surface area contributed by atoms with Gasteiger partial charge in [0.15, 0.2) is 5.82 Å². The molecule has 17 heavy (non-hydrogen) atoms. The van der Waals surface area contributed by atoms with E-state index < -0.39 is 0 Å². The molecule has 1 aromatic heterocycles. The Hall–Kier alpha value is -2.10. The summed E-state index contributed by atoms with van der Waals surface area (Å²) in [6, 6.07) is 11.4. The highest BCUT2D eigenvalue weighted by Gasteiger charge is 2.05. The van der Waals surface area contributed by atoms with Gasteiger partial charge in [0.05, 0.1) is 6.61 Å². The number of anilines is 1. The van der Waals surface area contributed by atoms with Crippen LogP contribution in [-0.2, 0) is 0 Å². The molecule has 2 N–H and O–H groups in total. The second-order valence-corrected chi connectivity index (χ2v) is 3.67. The summed E-state index contributed by atoms with van der Waals surface area (Å²) in [7, 11) is 0. The molecule has 4 nitrogen and oxygen atoms in total. The fourth-order valence-corrected chi connectivity index (χ4v) is 1.44. The van der Waals surface area contributed by atoms with Gasteiger partial charge in [-0.25, -0.2) is 4.98 Å². The van der Waals surface area contributed by atoms with Gasteiger partial charge in [0.25, 0.3) is 0 Å². The molecule has 0 bridgehead atoms. The van der Waals surface area contributed by atoms with E-state index in [-0.39, 0.29) is 0 Å². The number of hydrogen-bond donors (Lipinski definition) is 1. The molecule has 0 amide bonds. The van der Waals surface area contributed by atoms with Crippen LogP contribution in [0.1, 0.15) is 13.3 Å². The van der Waals surface area contributed by atoms with E-state index in [2.05, 4.69) is 9.97 Å². The molecule has 0 atom stereocenters. The van der Waals surface area contributed by atoms with E-state index >= 15 is 0 Å². The molecule has 0 unspecified atom stereocenters. The average molecular weight is 229 g/mol. The molecule has 0 aliphatic carbocycles. The zero-order valence-electron chi connectivity index (χ0n) is 9.76. The van der Waals surface area contributed by atoms with E-state index in [1.165, 1.54) is 0 Å². The maximum absolute atomic E-state index is 5.74. The van der Waals surface area contributed by atoms with Crippen molar-refractivity contribution in [1.82, 2.24) is 9.97 Å². The largest absolute Gasteiger partial charge is 0.478 e. The van der Waals surface area contributed by atoms with Gasteiger partial charge in [-0.15, -0.1) is 0 Å². The van der Waals surface area contributed by atoms with Crippen molar-refractivity contribution in [2.24, 2.45) is 0 Å². The first-order chi connectivity index (χ1) is 8.29. The fraction of sp³-hybridized carbons (Fsp3) is 0.231. The second-order valence-electron chi connectivity index (χ2n) is 3.67. The van der Waals surface area contributed by atoms with Crippen molar-refractivity contribution in [3.05, 3.63) is 36.4 Å². The Morgan fingerprint density at radius 1 is 1.18 bits per heavy atom. The summed E-state index contributed by atoms with van der Waals surface area (Å²) in [4.78, 5) is 8.53. The number of aromatic nitrogens is 2. The van der Waals surface area contributed by atoms with Crippen LogP contribution in [0.4, 0.5) is 5.82 Å². The highest BCUT2D eigenvalue weighted by Crippen LogP contribution is 2.19. The third kappa shape index (κ3) is 2.93. The van der Waals surface area contributed by atoms with Crippen LogP contribution in [0.5, 0.6) is 5.88 Å². The molecule has 88 valence electrons. The topological polar surface area (TPSA) is 61.0 Å². The third-order valence-electron chi connectivity index (χ3n) is 2.21. The van der Waals surface area contributed by atoms with Gasteiger partial charge in [-0.1, -0.05) is 37.3 Å². The van der Waals surface area contributed by atoms with Crippen molar-refractivity contribution < 1.29 is 4.74 Å². The molecule has 1 heterocycles. The summed E-state index contributed by atoms with van der Waals surface area (Å²) in [6.07, 6.45) is 0.935. The molecular formula is C13H15N3O. The van der Waals surface area contributed by atoms with Gasteiger partial charge < -0.3 is 10.5 Å². The van der Waals surface area contributed by atoms with E-state index in [9.17, 15) is 0 Å². The molecule has 2 aromatic rings. The molecule has 0 aliphatic heterocycles. The lowest BCUT2D eigenvalue weighted by Crippen LogP contribution is -2.02. The molecule has 1 aromatic carbocycles. The summed E-state index contributed by atoms with van der Waals surface area (Å²) < 4.78 is 5.47. The van der Waals surface area contributed by atoms with E-state index in [0.29, 0.717) is 24.1 Å². The quantitative estimate of drug-likeness (QED) is 0.875. The summed E-state index contributed by atoms with van der Waals surface area (Å²) in [5, 5.41) is 0. The van der Waals surface area contributed by atoms with Crippen molar-refractivity contribution in [1.29, 1.82) is 0 Å². The van der Waals surface area contributed by atoms with Crippen LogP contribution in [0.2, 0.25) is 0 Å². The van der Waals surface area contributed by atoms with Crippen molar-refractivity contribution in [2.75, 3.05) is 12.3 Å². The zero-order valence-corrected chi connectivity index (χ0v) is 9.76. The van der Waals surface area contributed by atoms with Gasteiger partial charge in [0.1, 0.15) is 5.82 Å². The van der Waals surface area contributed by atoms with Gasteiger partial charge in [0, 0.05) is 11.6 Å². The first-order valence-electron chi connectivity index (χ1n) is 5.62. The van der Waals surface area contributed by atoms with Gasteiger partial charge in [0.2, 0.25) is 5.88 Å². The SMILES string of the molecule is CCCOc1cc(N)nc(-c2ccccc2)n1. The Kier molecular flexibility index (Phi) is 3.55. The predicted molar refractivity (Wildman–Crippen MR) is 67.7 cm³/mol. The van der Waals surface area contributed by atoms with Crippen LogP contribution in [0, 0.1) is 0 Å². The molecule has 0 saturated carbocycles. The van der Waals surface area contributed by atoms with Crippen molar-refractivity contribution >= 4 is 5.82 Å². The van der Waals surface area contributed by atoms with Gasteiger partial charge in [-0.3, -0.25) is 0 Å². The highest BCUT2D eigenvalue weighted by molar-refractivity contribution is 5.57. The summed E-state index contributed by atoms with van der Waals surface area (Å²) in [5.74, 6) is 1.54. The van der Waals surface area contributed by atoms with Crippen LogP contribution < -0.4 is 10.5 Å². The average Bonchev–Trinajstić information content (AvgIpc) is 2.37. The second kappa shape index (κ2) is 5.30. The van der Waals surface area contributed by atoms with Crippen LogP contribution in [0.3, 0.4) is 0 Å². The Labute approximate surface area is 100 Å². The maximum atomic E-state index is 5.74. The van der Waals surface area contributed by atoms with Gasteiger partial charge >= 0.3 is 0 Å². The molecule has 0 spiro atoms. The maximum Gasteiger partial charge on any atom is 0.219 e. The number of benzene rings is 1. The van der Waals surface area contributed by atoms with Gasteiger partial charge in [-0.2, -0.15) is 4.98 Å². The Balaban J connectivity index is 2.32. The monoisotopic (exact) mass is 229 g/mol. The van der Waals surface area contributed by atoms with Crippen LogP contribution in [0.15, 0.2) is 36.4 Å². The molecular weight excluding hydrogens is 214 g/mol. The normalized spacial score (nSPS) is 10.2. The lowest BCUT2D eigenvalue weighted by Gasteiger charge is -2.06. The Morgan fingerprint density at radius 2 is 1.94 bits per heavy atom. The number of nitrogens with zero attached hydrogens (tertiary/aromatic N) is 2. The number of ether oxygens (including phenoxy) is 1. The Bertz CT molecular complexity index is 485. The molecule has 0 aliphatic rings. The van der Waals surface area contributed by atoms with Crippen LogP contribution in [0.25, 0.3) is 11.4 Å². The zero-order chi connectivity index (χ0) is 12.1. The first-order valence-corrected chi connectivity index (χ1v) is 5.62. The van der Waals surface area contributed by atoms with E-state index in [1.807, 2.05) is 37.3 Å². The van der Waals surface area contributed by atoms with Crippen LogP contribution in [-0.4, -0.2) is 16.6 Å². The molecule has 0 radical (unpaired) electrons. The summed E-state index contributed by atoms with van der Waals surface area (Å²) in [6.45, 7) is 2.67. The lowest BCUT2D eigenvalue weighted by atomic mass is 10.2. The van der Waals surface area contributed by atoms with Crippen molar-refractivity contribution in [2.45, 2.75) is 13.3 Å². The standard InChI is InChI=1S/C13H15N3O/c1-2-8-17-12-9-11(14)15-13(16-12)10-6-4-3-5-7-10/h3-7,9H,2,8H2,1H3,(H2,14,15,16). The van der Waals surface area contributed by atoms with E-state index in [4.69, 9.17) is 10.5 Å². The summed E-state index contributed by atoms with van der Waals surface area (Å²) >= 11 is 0. The van der Waals surface area contributed by atoms with Crippen molar-refractivity contribution in [3.63, 3.8) is 0 Å².